The average molecular weight is 437 g/mol. The van der Waals surface area contributed by atoms with E-state index >= 15 is 0 Å². The molecule has 7 heteroatoms. The van der Waals surface area contributed by atoms with Gasteiger partial charge in [0.1, 0.15) is 17.1 Å². The van der Waals surface area contributed by atoms with E-state index in [4.69, 9.17) is 9.47 Å². The van der Waals surface area contributed by atoms with Crippen molar-refractivity contribution in [3.63, 3.8) is 0 Å². The van der Waals surface area contributed by atoms with E-state index < -0.39 is 0 Å². The van der Waals surface area contributed by atoms with Crippen LogP contribution in [0.25, 0.3) is 0 Å². The Kier molecular flexibility index (Phi) is 7.56. The number of hydrogen-bond donors (Lipinski definition) is 2. The number of aryl methyl sites for hydroxylation is 1. The maximum Gasteiger partial charge on any atom is 0.263 e. The van der Waals surface area contributed by atoms with E-state index in [9.17, 15) is 9.59 Å². The molecule has 3 rings (SSSR count). The predicted octanol–water partition coefficient (Wildman–Crippen LogP) is 5.00. The zero-order valence-corrected chi connectivity index (χ0v) is 18.4. The van der Waals surface area contributed by atoms with Crippen molar-refractivity contribution in [2.45, 2.75) is 11.8 Å². The minimum absolute atomic E-state index is 0.0729. The second-order valence-corrected chi connectivity index (χ2v) is 7.77. The molecule has 2 amide bonds. The second-order valence-electron chi connectivity index (χ2n) is 6.72. The summed E-state index contributed by atoms with van der Waals surface area (Å²) in [5, 5.41) is 5.74. The van der Waals surface area contributed by atoms with Gasteiger partial charge in [-0.15, -0.1) is 11.8 Å². The number of anilines is 2. The molecule has 3 aromatic carbocycles. The molecule has 0 saturated carbocycles. The molecular formula is C24H24N2O4S. The minimum Gasteiger partial charge on any atom is -0.496 e. The number of ether oxygens (including phenoxy) is 2. The Bertz CT molecular complexity index is 1050. The Hall–Kier alpha value is -3.45. The molecule has 0 radical (unpaired) electrons. The number of thioether (sulfide) groups is 1. The maximum atomic E-state index is 12.7. The highest BCUT2D eigenvalue weighted by molar-refractivity contribution is 8.00. The van der Waals surface area contributed by atoms with Crippen LogP contribution in [0.4, 0.5) is 11.4 Å². The van der Waals surface area contributed by atoms with Gasteiger partial charge in [0, 0.05) is 16.3 Å². The molecule has 0 heterocycles. The molecule has 3 aromatic rings. The molecule has 0 atom stereocenters. The van der Waals surface area contributed by atoms with Gasteiger partial charge in [0.25, 0.3) is 5.91 Å². The van der Waals surface area contributed by atoms with Crippen LogP contribution in [0.5, 0.6) is 11.5 Å². The Balaban J connectivity index is 1.58. The van der Waals surface area contributed by atoms with Crippen molar-refractivity contribution in [2.75, 3.05) is 30.6 Å². The van der Waals surface area contributed by atoms with Crippen LogP contribution in [0.1, 0.15) is 15.9 Å². The molecule has 0 bridgehead atoms. The lowest BCUT2D eigenvalue weighted by molar-refractivity contribution is -0.113. The van der Waals surface area contributed by atoms with Gasteiger partial charge in [-0.3, -0.25) is 9.59 Å². The first-order valence-electron chi connectivity index (χ1n) is 9.62. The van der Waals surface area contributed by atoms with Crippen molar-refractivity contribution in [2.24, 2.45) is 0 Å². The average Bonchev–Trinajstić information content (AvgIpc) is 2.78. The van der Waals surface area contributed by atoms with E-state index in [0.717, 1.165) is 16.1 Å². The summed E-state index contributed by atoms with van der Waals surface area (Å²) in [5.74, 6) is 0.758. The van der Waals surface area contributed by atoms with Crippen LogP contribution in [-0.2, 0) is 4.79 Å². The lowest BCUT2D eigenvalue weighted by Crippen LogP contribution is -2.14. The standard InChI is InChI=1S/C24H24N2O4S/c1-16-6-4-7-18(14-16)25-22(27)15-31-19-12-10-17(11-13-19)26-24(28)23-20(29-2)8-5-9-21(23)30-3/h4-14H,15H2,1-3H3,(H,25,27)(H,26,28). The number of benzene rings is 3. The van der Waals surface area contributed by atoms with Crippen LogP contribution in [-0.4, -0.2) is 31.8 Å². The molecular weight excluding hydrogens is 412 g/mol. The summed E-state index contributed by atoms with van der Waals surface area (Å²) in [7, 11) is 3.01. The normalized spacial score (nSPS) is 10.3. The monoisotopic (exact) mass is 436 g/mol. The first-order valence-corrected chi connectivity index (χ1v) is 10.6. The van der Waals surface area contributed by atoms with Crippen LogP contribution >= 0.6 is 11.8 Å². The van der Waals surface area contributed by atoms with Crippen molar-refractivity contribution >= 4 is 35.0 Å². The molecule has 0 unspecified atom stereocenters. The van der Waals surface area contributed by atoms with E-state index in [1.807, 2.05) is 43.3 Å². The number of nitrogens with one attached hydrogen (secondary N) is 2. The number of hydrogen-bond acceptors (Lipinski definition) is 5. The van der Waals surface area contributed by atoms with Crippen molar-refractivity contribution in [3.05, 3.63) is 77.9 Å². The van der Waals surface area contributed by atoms with Gasteiger partial charge >= 0.3 is 0 Å². The number of carbonyl (C=O) groups is 2. The van der Waals surface area contributed by atoms with Gasteiger partial charge in [-0.25, -0.2) is 0 Å². The van der Waals surface area contributed by atoms with Crippen molar-refractivity contribution in [1.82, 2.24) is 0 Å². The molecule has 0 saturated heterocycles. The molecule has 0 fully saturated rings. The van der Waals surface area contributed by atoms with Gasteiger partial charge in [-0.05, 0) is 61.0 Å². The fourth-order valence-electron chi connectivity index (χ4n) is 2.97. The summed E-state index contributed by atoms with van der Waals surface area (Å²) >= 11 is 1.42. The summed E-state index contributed by atoms with van der Waals surface area (Å²) < 4.78 is 10.6. The molecule has 0 aliphatic carbocycles. The van der Waals surface area contributed by atoms with E-state index in [1.165, 1.54) is 26.0 Å². The van der Waals surface area contributed by atoms with E-state index in [0.29, 0.717) is 22.7 Å². The zero-order chi connectivity index (χ0) is 22.2. The van der Waals surface area contributed by atoms with E-state index in [-0.39, 0.29) is 17.6 Å². The van der Waals surface area contributed by atoms with Crippen LogP contribution in [0.15, 0.2) is 71.6 Å². The van der Waals surface area contributed by atoms with Crippen LogP contribution in [0.2, 0.25) is 0 Å². The Morgan fingerprint density at radius 2 is 1.48 bits per heavy atom. The SMILES string of the molecule is COc1cccc(OC)c1C(=O)Nc1ccc(SCC(=O)Nc2cccc(C)c2)cc1. The quantitative estimate of drug-likeness (QED) is 0.486. The Morgan fingerprint density at radius 1 is 0.839 bits per heavy atom. The second kappa shape index (κ2) is 10.5. The van der Waals surface area contributed by atoms with Gasteiger partial charge in [-0.1, -0.05) is 18.2 Å². The van der Waals surface area contributed by atoms with Crippen LogP contribution < -0.4 is 20.1 Å². The van der Waals surface area contributed by atoms with E-state index in [1.54, 1.807) is 30.3 Å². The highest BCUT2D eigenvalue weighted by Crippen LogP contribution is 2.29. The highest BCUT2D eigenvalue weighted by atomic mass is 32.2. The minimum atomic E-state index is -0.327. The number of methoxy groups -OCH3 is 2. The molecule has 2 N–H and O–H groups in total. The summed E-state index contributed by atoms with van der Waals surface area (Å²) in [6.45, 7) is 1.98. The maximum absolute atomic E-state index is 12.7. The van der Waals surface area contributed by atoms with Gasteiger partial charge < -0.3 is 20.1 Å². The third kappa shape index (κ3) is 6.02. The number of amides is 2. The van der Waals surface area contributed by atoms with Crippen LogP contribution in [0, 0.1) is 6.92 Å². The first kappa shape index (κ1) is 22.2. The molecule has 0 aliphatic heterocycles. The lowest BCUT2D eigenvalue weighted by Gasteiger charge is -2.13. The van der Waals surface area contributed by atoms with Gasteiger partial charge in [-0.2, -0.15) is 0 Å². The van der Waals surface area contributed by atoms with Gasteiger partial charge in [0.05, 0.1) is 20.0 Å². The summed E-state index contributed by atoms with van der Waals surface area (Å²) in [4.78, 5) is 25.8. The Labute approximate surface area is 186 Å². The van der Waals surface area contributed by atoms with Gasteiger partial charge in [0.15, 0.2) is 0 Å². The first-order chi connectivity index (χ1) is 15.0. The smallest absolute Gasteiger partial charge is 0.263 e. The zero-order valence-electron chi connectivity index (χ0n) is 17.6. The Morgan fingerprint density at radius 3 is 2.10 bits per heavy atom. The largest absolute Gasteiger partial charge is 0.496 e. The van der Waals surface area contributed by atoms with E-state index in [2.05, 4.69) is 10.6 Å². The molecule has 6 nitrogen and oxygen atoms in total. The topological polar surface area (TPSA) is 76.7 Å². The summed E-state index contributed by atoms with van der Waals surface area (Å²) in [6, 6.07) is 20.2. The number of carbonyl (C=O) groups excluding carboxylic acids is 2. The van der Waals surface area contributed by atoms with Crippen molar-refractivity contribution < 1.29 is 19.1 Å². The summed E-state index contributed by atoms with van der Waals surface area (Å²) in [5.41, 5.74) is 2.84. The third-order valence-electron chi connectivity index (χ3n) is 4.44. The van der Waals surface area contributed by atoms with Gasteiger partial charge in [0.2, 0.25) is 5.91 Å². The lowest BCUT2D eigenvalue weighted by atomic mass is 10.1. The predicted molar refractivity (Wildman–Crippen MR) is 124 cm³/mol. The van der Waals surface area contributed by atoms with Crippen molar-refractivity contribution in [3.8, 4) is 11.5 Å². The molecule has 0 spiro atoms. The highest BCUT2D eigenvalue weighted by Gasteiger charge is 2.18. The fraction of sp³-hybridized carbons (Fsp3) is 0.167. The van der Waals surface area contributed by atoms with Crippen molar-refractivity contribution in [1.29, 1.82) is 0 Å². The third-order valence-corrected chi connectivity index (χ3v) is 5.45. The molecule has 0 aromatic heterocycles. The molecule has 160 valence electrons. The fourth-order valence-corrected chi connectivity index (χ4v) is 3.67. The number of rotatable bonds is 8. The van der Waals surface area contributed by atoms with Crippen LogP contribution in [0.3, 0.4) is 0 Å². The summed E-state index contributed by atoms with van der Waals surface area (Å²) in [6.07, 6.45) is 0. The molecule has 0 aliphatic rings. The molecule has 31 heavy (non-hydrogen) atoms.